The van der Waals surface area contributed by atoms with Crippen LogP contribution < -0.4 is 0 Å². The van der Waals surface area contributed by atoms with Gasteiger partial charge in [0.05, 0.1) is 20.6 Å². The summed E-state index contributed by atoms with van der Waals surface area (Å²) in [6, 6.07) is 0. The van der Waals surface area contributed by atoms with E-state index >= 15 is 0 Å². The predicted molar refractivity (Wildman–Crippen MR) is 58.1 cm³/mol. The topological polar surface area (TPSA) is 78.9 Å². The third-order valence-electron chi connectivity index (χ3n) is 3.40. The first kappa shape index (κ1) is 12.6. The fourth-order valence-corrected chi connectivity index (χ4v) is 2.54. The average Bonchev–Trinajstić information content (AvgIpc) is 2.89. The maximum absolute atomic E-state index is 11.7. The molecule has 3 atom stereocenters. The summed E-state index contributed by atoms with van der Waals surface area (Å²) in [4.78, 5) is 34.6. The molecule has 98 valence electrons. The molecule has 0 amide bonds. The van der Waals surface area contributed by atoms with Crippen LogP contribution in [0.15, 0.2) is 12.2 Å². The molecule has 18 heavy (non-hydrogen) atoms. The van der Waals surface area contributed by atoms with Crippen molar-refractivity contribution in [2.75, 3.05) is 14.2 Å². The smallest absolute Gasteiger partial charge is 0.320 e. The van der Waals surface area contributed by atoms with Gasteiger partial charge in [0, 0.05) is 11.8 Å². The Morgan fingerprint density at radius 3 is 2.44 bits per heavy atom. The van der Waals surface area contributed by atoms with Crippen molar-refractivity contribution in [1.82, 2.24) is 0 Å². The number of carbonyl (C=O) groups excluding carboxylic acids is 3. The molecule has 1 heterocycles. The van der Waals surface area contributed by atoms with Crippen LogP contribution in [0.25, 0.3) is 0 Å². The first-order valence-corrected chi connectivity index (χ1v) is 5.62. The summed E-state index contributed by atoms with van der Waals surface area (Å²) in [5.74, 6) is -3.27. The predicted octanol–water partition coefficient (Wildman–Crippen LogP) is 0.0663. The summed E-state index contributed by atoms with van der Waals surface area (Å²) in [7, 11) is 2.43. The van der Waals surface area contributed by atoms with Gasteiger partial charge < -0.3 is 14.2 Å². The van der Waals surface area contributed by atoms with Crippen LogP contribution in [-0.2, 0) is 28.6 Å². The highest BCUT2D eigenvalue weighted by Crippen LogP contribution is 2.40. The standard InChI is InChI=1S/C12H14O6/c1-16-11(14)10(12(15)17-2)6-3-4-8-7(6)5-9(13)18-8/h3-4,6-8,10H,5H2,1-2H3/t6-,7-,8+/m1/s1. The van der Waals surface area contributed by atoms with Crippen LogP contribution in [0.1, 0.15) is 6.42 Å². The molecular formula is C12H14O6. The van der Waals surface area contributed by atoms with Crippen LogP contribution in [0, 0.1) is 17.8 Å². The van der Waals surface area contributed by atoms with Gasteiger partial charge in [-0.25, -0.2) is 0 Å². The Labute approximate surface area is 104 Å². The van der Waals surface area contributed by atoms with Crippen LogP contribution in [0.3, 0.4) is 0 Å². The van der Waals surface area contributed by atoms with Gasteiger partial charge in [0.15, 0.2) is 5.92 Å². The fraction of sp³-hybridized carbons (Fsp3) is 0.583. The molecule has 2 aliphatic rings. The summed E-state index contributed by atoms with van der Waals surface area (Å²) in [5, 5.41) is 0. The van der Waals surface area contributed by atoms with Crippen LogP contribution in [0.4, 0.5) is 0 Å². The zero-order chi connectivity index (χ0) is 13.3. The van der Waals surface area contributed by atoms with E-state index in [-0.39, 0.29) is 24.4 Å². The number of esters is 3. The zero-order valence-corrected chi connectivity index (χ0v) is 10.1. The molecule has 0 radical (unpaired) electrons. The number of hydrogen-bond donors (Lipinski definition) is 0. The van der Waals surface area contributed by atoms with E-state index in [9.17, 15) is 14.4 Å². The Balaban J connectivity index is 2.22. The Bertz CT molecular complexity index is 397. The van der Waals surface area contributed by atoms with E-state index in [2.05, 4.69) is 9.47 Å². The van der Waals surface area contributed by atoms with E-state index < -0.39 is 23.8 Å². The van der Waals surface area contributed by atoms with Gasteiger partial charge in [-0.15, -0.1) is 0 Å². The molecule has 1 aliphatic heterocycles. The van der Waals surface area contributed by atoms with Gasteiger partial charge in [0.2, 0.25) is 0 Å². The number of allylic oxidation sites excluding steroid dienone is 1. The van der Waals surface area contributed by atoms with Gasteiger partial charge in [0.25, 0.3) is 0 Å². The van der Waals surface area contributed by atoms with E-state index in [1.54, 1.807) is 12.2 Å². The van der Waals surface area contributed by atoms with Crippen molar-refractivity contribution in [3.05, 3.63) is 12.2 Å². The summed E-state index contributed by atoms with van der Waals surface area (Å²) >= 11 is 0. The highest BCUT2D eigenvalue weighted by molar-refractivity contribution is 5.95. The van der Waals surface area contributed by atoms with Gasteiger partial charge in [0.1, 0.15) is 6.10 Å². The van der Waals surface area contributed by atoms with Crippen LogP contribution in [0.2, 0.25) is 0 Å². The molecule has 1 aliphatic carbocycles. The van der Waals surface area contributed by atoms with Crippen molar-refractivity contribution in [2.24, 2.45) is 17.8 Å². The van der Waals surface area contributed by atoms with Crippen LogP contribution >= 0.6 is 0 Å². The highest BCUT2D eigenvalue weighted by Gasteiger charge is 2.49. The molecule has 1 saturated heterocycles. The molecule has 2 rings (SSSR count). The zero-order valence-electron chi connectivity index (χ0n) is 10.1. The Morgan fingerprint density at radius 2 is 1.89 bits per heavy atom. The first-order valence-electron chi connectivity index (χ1n) is 5.62. The lowest BCUT2D eigenvalue weighted by Gasteiger charge is -2.22. The number of hydrogen-bond acceptors (Lipinski definition) is 6. The van der Waals surface area contributed by atoms with Gasteiger partial charge in [-0.1, -0.05) is 6.08 Å². The minimum absolute atomic E-state index is 0.194. The summed E-state index contributed by atoms with van der Waals surface area (Å²) in [6.07, 6.45) is 3.28. The molecule has 0 unspecified atom stereocenters. The molecule has 0 spiro atoms. The van der Waals surface area contributed by atoms with Gasteiger partial charge in [-0.2, -0.15) is 0 Å². The average molecular weight is 254 g/mol. The lowest BCUT2D eigenvalue weighted by Crippen LogP contribution is -2.36. The first-order chi connectivity index (χ1) is 8.58. The maximum atomic E-state index is 11.7. The molecule has 1 fully saturated rings. The minimum Gasteiger partial charge on any atom is -0.468 e. The number of fused-ring (bicyclic) bond motifs is 1. The quantitative estimate of drug-likeness (QED) is 0.307. The Kier molecular flexibility index (Phi) is 3.36. The van der Waals surface area contributed by atoms with E-state index in [1.165, 1.54) is 14.2 Å². The van der Waals surface area contributed by atoms with Gasteiger partial charge in [-0.05, 0) is 6.08 Å². The van der Waals surface area contributed by atoms with E-state index in [0.29, 0.717) is 0 Å². The largest absolute Gasteiger partial charge is 0.468 e. The molecule has 6 heteroatoms. The van der Waals surface area contributed by atoms with Crippen LogP contribution in [0.5, 0.6) is 0 Å². The van der Waals surface area contributed by atoms with E-state index in [1.807, 2.05) is 0 Å². The molecule has 0 bridgehead atoms. The second kappa shape index (κ2) is 4.80. The fourth-order valence-electron chi connectivity index (χ4n) is 2.54. The van der Waals surface area contributed by atoms with Crippen molar-refractivity contribution >= 4 is 17.9 Å². The molecule has 0 aromatic rings. The third kappa shape index (κ3) is 1.98. The van der Waals surface area contributed by atoms with Crippen molar-refractivity contribution in [3.8, 4) is 0 Å². The summed E-state index contributed by atoms with van der Waals surface area (Å²) < 4.78 is 14.3. The van der Waals surface area contributed by atoms with Crippen LogP contribution in [-0.4, -0.2) is 38.2 Å². The molecule has 0 aromatic heterocycles. The molecule has 0 saturated carbocycles. The number of methoxy groups -OCH3 is 2. The van der Waals surface area contributed by atoms with Gasteiger partial charge in [-0.3, -0.25) is 14.4 Å². The van der Waals surface area contributed by atoms with E-state index in [4.69, 9.17) is 4.74 Å². The molecule has 6 nitrogen and oxygen atoms in total. The SMILES string of the molecule is COC(=O)C(C(=O)OC)[C@@H]1C=C[C@@H]2OC(=O)C[C@@H]21. The van der Waals surface area contributed by atoms with Crippen molar-refractivity contribution in [3.63, 3.8) is 0 Å². The normalized spacial score (nSPS) is 29.1. The number of ether oxygens (including phenoxy) is 3. The monoisotopic (exact) mass is 254 g/mol. The second-order valence-electron chi connectivity index (χ2n) is 4.31. The minimum atomic E-state index is -1.04. The van der Waals surface area contributed by atoms with E-state index in [0.717, 1.165) is 0 Å². The summed E-state index contributed by atoms with van der Waals surface area (Å²) in [5.41, 5.74) is 0. The summed E-state index contributed by atoms with van der Waals surface area (Å²) in [6.45, 7) is 0. The molecular weight excluding hydrogens is 240 g/mol. The van der Waals surface area contributed by atoms with Crippen molar-refractivity contribution in [2.45, 2.75) is 12.5 Å². The maximum Gasteiger partial charge on any atom is 0.320 e. The van der Waals surface area contributed by atoms with Crippen molar-refractivity contribution < 1.29 is 28.6 Å². The van der Waals surface area contributed by atoms with Crippen molar-refractivity contribution in [1.29, 1.82) is 0 Å². The second-order valence-corrected chi connectivity index (χ2v) is 4.31. The lowest BCUT2D eigenvalue weighted by atomic mass is 9.82. The number of carbonyl (C=O) groups is 3. The third-order valence-corrected chi connectivity index (χ3v) is 3.40. The Morgan fingerprint density at radius 1 is 1.28 bits per heavy atom. The van der Waals surface area contributed by atoms with Gasteiger partial charge >= 0.3 is 17.9 Å². The molecule has 0 aromatic carbocycles. The number of rotatable bonds is 3. The Hall–Kier alpha value is -1.85. The molecule has 0 N–H and O–H groups in total. The lowest BCUT2D eigenvalue weighted by molar-refractivity contribution is -0.161. The highest BCUT2D eigenvalue weighted by atomic mass is 16.6.